The van der Waals surface area contributed by atoms with Crippen molar-refractivity contribution in [1.82, 2.24) is 0 Å². The van der Waals surface area contributed by atoms with Crippen LogP contribution in [0.5, 0.6) is 11.5 Å². The van der Waals surface area contributed by atoms with Gasteiger partial charge >= 0.3 is 0 Å². The summed E-state index contributed by atoms with van der Waals surface area (Å²) in [5.74, 6) is 1.79. The molecule has 3 aromatic rings. The number of hydrogen-bond donors (Lipinski definition) is 1. The Bertz CT molecular complexity index is 857. The van der Waals surface area contributed by atoms with Crippen molar-refractivity contribution in [2.45, 2.75) is 39.5 Å². The lowest BCUT2D eigenvalue weighted by molar-refractivity contribution is 0.311. The predicted octanol–water partition coefficient (Wildman–Crippen LogP) is 5.93. The number of anilines is 1. The number of benzene rings is 3. The van der Waals surface area contributed by atoms with Crippen LogP contribution in [0.25, 0.3) is 21.5 Å². The van der Waals surface area contributed by atoms with E-state index in [9.17, 15) is 0 Å². The van der Waals surface area contributed by atoms with Gasteiger partial charge in [0.15, 0.2) is 0 Å². The summed E-state index contributed by atoms with van der Waals surface area (Å²) >= 11 is 0. The van der Waals surface area contributed by atoms with E-state index in [4.69, 9.17) is 15.2 Å². The molecule has 0 heterocycles. The highest BCUT2D eigenvalue weighted by Crippen LogP contribution is 2.45. The molecule has 0 saturated heterocycles. The first-order valence-electron chi connectivity index (χ1n) is 9.26. The van der Waals surface area contributed by atoms with Crippen LogP contribution in [0.15, 0.2) is 42.5 Å². The van der Waals surface area contributed by atoms with Gasteiger partial charge in [-0.2, -0.15) is 0 Å². The first-order valence-corrected chi connectivity index (χ1v) is 9.26. The van der Waals surface area contributed by atoms with Crippen LogP contribution in [-0.4, -0.2) is 13.2 Å². The normalized spacial score (nSPS) is 11.1. The van der Waals surface area contributed by atoms with E-state index in [0.29, 0.717) is 13.2 Å². The van der Waals surface area contributed by atoms with E-state index in [2.05, 4.69) is 32.0 Å². The van der Waals surface area contributed by atoms with Gasteiger partial charge < -0.3 is 15.2 Å². The summed E-state index contributed by atoms with van der Waals surface area (Å²) in [6.45, 7) is 5.74. The van der Waals surface area contributed by atoms with E-state index < -0.39 is 0 Å². The van der Waals surface area contributed by atoms with E-state index in [0.717, 1.165) is 64.4 Å². The highest BCUT2D eigenvalue weighted by atomic mass is 16.5. The molecule has 0 unspecified atom stereocenters. The van der Waals surface area contributed by atoms with Crippen LogP contribution < -0.4 is 15.2 Å². The molecule has 0 amide bonds. The molecule has 0 saturated carbocycles. The molecule has 2 N–H and O–H groups in total. The van der Waals surface area contributed by atoms with Crippen LogP contribution >= 0.6 is 0 Å². The summed E-state index contributed by atoms with van der Waals surface area (Å²) < 4.78 is 12.4. The Labute approximate surface area is 149 Å². The largest absolute Gasteiger partial charge is 0.492 e. The van der Waals surface area contributed by atoms with Crippen LogP contribution in [0.2, 0.25) is 0 Å². The Morgan fingerprint density at radius 2 is 1.28 bits per heavy atom. The maximum Gasteiger partial charge on any atom is 0.137 e. The molecular weight excluding hydrogens is 310 g/mol. The molecule has 0 atom stereocenters. The summed E-state index contributed by atoms with van der Waals surface area (Å²) in [5, 5.41) is 4.14. The molecule has 3 rings (SSSR count). The Kier molecular flexibility index (Phi) is 5.64. The molecule has 0 radical (unpaired) electrons. The number of nitrogens with two attached hydrogens (primary N) is 1. The van der Waals surface area contributed by atoms with Crippen LogP contribution in [0, 0.1) is 0 Å². The summed E-state index contributed by atoms with van der Waals surface area (Å²) in [7, 11) is 0. The Balaban J connectivity index is 2.23. The van der Waals surface area contributed by atoms with Crippen molar-refractivity contribution in [3.63, 3.8) is 0 Å². The average Bonchev–Trinajstić information content (AvgIpc) is 2.63. The maximum atomic E-state index is 6.34. The molecule has 3 nitrogen and oxygen atoms in total. The van der Waals surface area contributed by atoms with Gasteiger partial charge in [0.2, 0.25) is 0 Å². The fourth-order valence-electron chi connectivity index (χ4n) is 3.11. The SMILES string of the molecule is CCCCOc1c2ccccc2c(OCCCC)c2c(N)cccc12. The van der Waals surface area contributed by atoms with Crippen molar-refractivity contribution in [3.8, 4) is 11.5 Å². The van der Waals surface area contributed by atoms with Gasteiger partial charge in [-0.15, -0.1) is 0 Å². The minimum Gasteiger partial charge on any atom is -0.492 e. The van der Waals surface area contributed by atoms with Crippen LogP contribution in [0.1, 0.15) is 39.5 Å². The fourth-order valence-corrected chi connectivity index (χ4v) is 3.11. The van der Waals surface area contributed by atoms with Gasteiger partial charge in [0.1, 0.15) is 11.5 Å². The van der Waals surface area contributed by atoms with Crippen molar-refractivity contribution >= 4 is 27.2 Å². The fraction of sp³-hybridized carbons (Fsp3) is 0.364. The summed E-state index contributed by atoms with van der Waals surface area (Å²) in [5.41, 5.74) is 7.07. The van der Waals surface area contributed by atoms with Gasteiger partial charge in [-0.1, -0.05) is 63.1 Å². The van der Waals surface area contributed by atoms with Gasteiger partial charge in [-0.25, -0.2) is 0 Å². The minimum absolute atomic E-state index is 0.694. The van der Waals surface area contributed by atoms with E-state index in [1.807, 2.05) is 24.3 Å². The van der Waals surface area contributed by atoms with Crippen LogP contribution in [-0.2, 0) is 0 Å². The molecule has 0 aliphatic rings. The molecule has 0 aromatic heterocycles. The molecule has 0 spiro atoms. The lowest BCUT2D eigenvalue weighted by Crippen LogP contribution is -2.03. The number of nitrogen functional groups attached to an aromatic ring is 1. The Morgan fingerprint density at radius 1 is 0.720 bits per heavy atom. The predicted molar refractivity (Wildman–Crippen MR) is 107 cm³/mol. The monoisotopic (exact) mass is 337 g/mol. The minimum atomic E-state index is 0.694. The molecule has 0 fully saturated rings. The number of rotatable bonds is 8. The third kappa shape index (κ3) is 3.51. The Morgan fingerprint density at radius 3 is 1.92 bits per heavy atom. The van der Waals surface area contributed by atoms with Gasteiger partial charge in [0, 0.05) is 21.8 Å². The van der Waals surface area contributed by atoms with Crippen molar-refractivity contribution in [3.05, 3.63) is 42.5 Å². The number of unbranched alkanes of at least 4 members (excludes halogenated alkanes) is 2. The topological polar surface area (TPSA) is 44.5 Å². The summed E-state index contributed by atoms with van der Waals surface area (Å²) in [6.07, 6.45) is 4.27. The Hall–Kier alpha value is -2.42. The molecule has 3 heteroatoms. The summed E-state index contributed by atoms with van der Waals surface area (Å²) in [4.78, 5) is 0. The van der Waals surface area contributed by atoms with Gasteiger partial charge in [0.25, 0.3) is 0 Å². The quantitative estimate of drug-likeness (QED) is 0.314. The van der Waals surface area contributed by atoms with E-state index >= 15 is 0 Å². The molecular formula is C22H27NO2. The second-order valence-electron chi connectivity index (χ2n) is 6.38. The van der Waals surface area contributed by atoms with Crippen molar-refractivity contribution < 1.29 is 9.47 Å². The van der Waals surface area contributed by atoms with Crippen LogP contribution in [0.3, 0.4) is 0 Å². The number of ether oxygens (including phenoxy) is 2. The lowest BCUT2D eigenvalue weighted by atomic mass is 9.99. The standard InChI is InChI=1S/C22H27NO2/c1-3-5-14-24-21-16-10-7-8-11-17(16)22(25-15-6-4-2)20-18(21)12-9-13-19(20)23/h7-13H,3-6,14-15,23H2,1-2H3. The summed E-state index contributed by atoms with van der Waals surface area (Å²) in [6, 6.07) is 14.3. The number of fused-ring (bicyclic) bond motifs is 2. The van der Waals surface area contributed by atoms with Gasteiger partial charge in [0.05, 0.1) is 18.6 Å². The van der Waals surface area contributed by atoms with E-state index in [1.54, 1.807) is 0 Å². The molecule has 0 bridgehead atoms. The zero-order chi connectivity index (χ0) is 17.6. The van der Waals surface area contributed by atoms with Crippen LogP contribution in [0.4, 0.5) is 5.69 Å². The molecule has 25 heavy (non-hydrogen) atoms. The smallest absolute Gasteiger partial charge is 0.137 e. The van der Waals surface area contributed by atoms with Crippen molar-refractivity contribution in [2.24, 2.45) is 0 Å². The first-order chi connectivity index (χ1) is 12.3. The highest BCUT2D eigenvalue weighted by molar-refractivity contribution is 6.14. The maximum absolute atomic E-state index is 6.34. The van der Waals surface area contributed by atoms with E-state index in [1.165, 1.54) is 0 Å². The molecule has 0 aliphatic heterocycles. The highest BCUT2D eigenvalue weighted by Gasteiger charge is 2.17. The third-order valence-electron chi connectivity index (χ3n) is 4.47. The van der Waals surface area contributed by atoms with Gasteiger partial charge in [-0.05, 0) is 18.9 Å². The van der Waals surface area contributed by atoms with Gasteiger partial charge in [-0.3, -0.25) is 0 Å². The zero-order valence-corrected chi connectivity index (χ0v) is 15.2. The van der Waals surface area contributed by atoms with Crippen molar-refractivity contribution in [1.29, 1.82) is 0 Å². The third-order valence-corrected chi connectivity index (χ3v) is 4.47. The number of hydrogen-bond acceptors (Lipinski definition) is 3. The second kappa shape index (κ2) is 8.11. The molecule has 0 aliphatic carbocycles. The average molecular weight is 337 g/mol. The first kappa shape index (κ1) is 17.4. The molecule has 3 aromatic carbocycles. The second-order valence-corrected chi connectivity index (χ2v) is 6.38. The van der Waals surface area contributed by atoms with E-state index in [-0.39, 0.29) is 0 Å². The molecule has 132 valence electrons. The lowest BCUT2D eigenvalue weighted by Gasteiger charge is -2.18. The zero-order valence-electron chi connectivity index (χ0n) is 15.2. The van der Waals surface area contributed by atoms with Crippen molar-refractivity contribution in [2.75, 3.05) is 18.9 Å².